The molecule has 0 radical (unpaired) electrons. The van der Waals surface area contributed by atoms with E-state index in [1.165, 1.54) is 6.07 Å². The van der Waals surface area contributed by atoms with E-state index < -0.39 is 11.7 Å². The van der Waals surface area contributed by atoms with Crippen molar-refractivity contribution in [2.45, 2.75) is 26.4 Å². The molecule has 0 aliphatic carbocycles. The van der Waals surface area contributed by atoms with E-state index in [9.17, 15) is 18.0 Å². The number of pyridine rings is 1. The van der Waals surface area contributed by atoms with E-state index in [0.717, 1.165) is 29.3 Å². The van der Waals surface area contributed by atoms with Gasteiger partial charge in [0, 0.05) is 37.9 Å². The molecule has 2 aromatic heterocycles. The van der Waals surface area contributed by atoms with Gasteiger partial charge in [-0.2, -0.15) is 18.3 Å². The minimum Gasteiger partial charge on any atom is -0.355 e. The number of alkyl halides is 3. The Kier molecular flexibility index (Phi) is 6.34. The Bertz CT molecular complexity index is 1140. The fraction of sp³-hybridized carbons (Fsp3) is 0.348. The summed E-state index contributed by atoms with van der Waals surface area (Å²) in [4.78, 5) is 20.7. The van der Waals surface area contributed by atoms with Crippen molar-refractivity contribution in [3.8, 4) is 5.69 Å². The predicted molar refractivity (Wildman–Crippen MR) is 120 cm³/mol. The molecule has 1 fully saturated rings. The second-order valence-electron chi connectivity index (χ2n) is 7.98. The first-order chi connectivity index (χ1) is 15.6. The first-order valence-electron chi connectivity index (χ1n) is 10.5. The largest absolute Gasteiger partial charge is 0.417 e. The van der Waals surface area contributed by atoms with E-state index in [2.05, 4.69) is 10.1 Å². The number of anilines is 1. The molecule has 0 N–H and O–H groups in total. The standard InChI is InChI=1S/C23H23ClF3N5O/c1-15-21(24)16(2)32(29-15)19-7-4-17(5-8-19)22(33)31-11-3-10-30(12-13-31)20-9-6-18(14-28-20)23(25,26)27/h4-9,14H,3,10-13H2,1-2H3. The molecule has 0 saturated carbocycles. The summed E-state index contributed by atoms with van der Waals surface area (Å²) in [5.74, 6) is 0.389. The van der Waals surface area contributed by atoms with Gasteiger partial charge >= 0.3 is 6.18 Å². The highest BCUT2D eigenvalue weighted by Crippen LogP contribution is 2.29. The number of carbonyl (C=O) groups is 1. The van der Waals surface area contributed by atoms with Crippen LogP contribution in [0.15, 0.2) is 42.6 Å². The number of aromatic nitrogens is 3. The van der Waals surface area contributed by atoms with Gasteiger partial charge in [-0.05, 0) is 56.7 Å². The molecule has 4 rings (SSSR count). The van der Waals surface area contributed by atoms with Crippen LogP contribution in [0.4, 0.5) is 19.0 Å². The number of rotatable bonds is 3. The Morgan fingerprint density at radius 2 is 1.73 bits per heavy atom. The first kappa shape index (κ1) is 23.1. The molecule has 1 aliphatic rings. The summed E-state index contributed by atoms with van der Waals surface area (Å²) < 4.78 is 40.1. The number of carbonyl (C=O) groups excluding carboxylic acids is 1. The molecule has 0 unspecified atom stereocenters. The molecule has 0 bridgehead atoms. The maximum Gasteiger partial charge on any atom is 0.417 e. The normalized spacial score (nSPS) is 15.0. The SMILES string of the molecule is Cc1nn(-c2ccc(C(=O)N3CCCN(c4ccc(C(F)(F)F)cn4)CC3)cc2)c(C)c1Cl. The number of aryl methyl sites for hydroxylation is 1. The highest BCUT2D eigenvalue weighted by Gasteiger charge is 2.31. The third kappa shape index (κ3) is 4.83. The lowest BCUT2D eigenvalue weighted by molar-refractivity contribution is -0.137. The Morgan fingerprint density at radius 1 is 1.00 bits per heavy atom. The van der Waals surface area contributed by atoms with Crippen LogP contribution in [-0.2, 0) is 6.18 Å². The molecule has 1 amide bonds. The average molecular weight is 478 g/mol. The van der Waals surface area contributed by atoms with Gasteiger partial charge in [-0.1, -0.05) is 11.6 Å². The van der Waals surface area contributed by atoms with E-state index >= 15 is 0 Å². The molecule has 1 saturated heterocycles. The molecule has 0 atom stereocenters. The molecule has 3 heterocycles. The fourth-order valence-corrected chi connectivity index (χ4v) is 4.01. The molecule has 6 nitrogen and oxygen atoms in total. The van der Waals surface area contributed by atoms with Crippen molar-refractivity contribution < 1.29 is 18.0 Å². The molecular formula is C23H23ClF3N5O. The molecule has 10 heteroatoms. The van der Waals surface area contributed by atoms with Crippen molar-refractivity contribution in [1.29, 1.82) is 0 Å². The number of nitrogens with zero attached hydrogens (tertiary/aromatic N) is 5. The van der Waals surface area contributed by atoms with E-state index in [-0.39, 0.29) is 5.91 Å². The van der Waals surface area contributed by atoms with Crippen molar-refractivity contribution in [3.63, 3.8) is 0 Å². The quantitative estimate of drug-likeness (QED) is 0.538. The van der Waals surface area contributed by atoms with Gasteiger partial charge in [0.25, 0.3) is 5.91 Å². The van der Waals surface area contributed by atoms with Gasteiger partial charge in [-0.3, -0.25) is 4.79 Å². The Hall–Kier alpha value is -3.07. The molecule has 0 spiro atoms. The second-order valence-corrected chi connectivity index (χ2v) is 8.36. The second kappa shape index (κ2) is 9.05. The lowest BCUT2D eigenvalue weighted by atomic mass is 10.1. The van der Waals surface area contributed by atoms with Crippen LogP contribution in [0, 0.1) is 13.8 Å². The van der Waals surface area contributed by atoms with Gasteiger partial charge in [0.2, 0.25) is 0 Å². The molecule has 33 heavy (non-hydrogen) atoms. The van der Waals surface area contributed by atoms with Gasteiger partial charge in [0.15, 0.2) is 0 Å². The van der Waals surface area contributed by atoms with Gasteiger partial charge < -0.3 is 9.80 Å². The number of benzene rings is 1. The highest BCUT2D eigenvalue weighted by molar-refractivity contribution is 6.31. The topological polar surface area (TPSA) is 54.3 Å². The fourth-order valence-electron chi connectivity index (χ4n) is 3.89. The zero-order valence-electron chi connectivity index (χ0n) is 18.2. The maximum atomic E-state index is 13.0. The smallest absolute Gasteiger partial charge is 0.355 e. The summed E-state index contributed by atoms with van der Waals surface area (Å²) in [6.07, 6.45) is -2.87. The van der Waals surface area contributed by atoms with Crippen molar-refractivity contribution >= 4 is 23.3 Å². The Balaban J connectivity index is 1.43. The van der Waals surface area contributed by atoms with Crippen molar-refractivity contribution in [3.05, 3.63) is 70.1 Å². The number of hydrogen-bond acceptors (Lipinski definition) is 4. The summed E-state index contributed by atoms with van der Waals surface area (Å²) in [5.41, 5.74) is 2.18. The monoisotopic (exact) mass is 477 g/mol. The van der Waals surface area contributed by atoms with E-state index in [1.54, 1.807) is 21.7 Å². The highest BCUT2D eigenvalue weighted by atomic mass is 35.5. The van der Waals surface area contributed by atoms with Crippen LogP contribution in [0.3, 0.4) is 0 Å². The minimum absolute atomic E-state index is 0.0878. The summed E-state index contributed by atoms with van der Waals surface area (Å²) in [6, 6.07) is 9.61. The Morgan fingerprint density at radius 3 is 2.30 bits per heavy atom. The minimum atomic E-state index is -4.41. The summed E-state index contributed by atoms with van der Waals surface area (Å²) in [6.45, 7) is 5.84. The lowest BCUT2D eigenvalue weighted by Crippen LogP contribution is -2.35. The van der Waals surface area contributed by atoms with E-state index in [1.807, 2.05) is 30.9 Å². The van der Waals surface area contributed by atoms with Gasteiger partial charge in [-0.25, -0.2) is 9.67 Å². The van der Waals surface area contributed by atoms with Crippen LogP contribution in [0.2, 0.25) is 5.02 Å². The summed E-state index contributed by atoms with van der Waals surface area (Å²) >= 11 is 6.23. The molecule has 1 aliphatic heterocycles. The lowest BCUT2D eigenvalue weighted by Gasteiger charge is -2.23. The third-order valence-electron chi connectivity index (χ3n) is 5.74. The van der Waals surface area contributed by atoms with Crippen LogP contribution in [0.25, 0.3) is 5.69 Å². The van der Waals surface area contributed by atoms with Crippen LogP contribution < -0.4 is 4.90 Å². The molecule has 3 aromatic rings. The van der Waals surface area contributed by atoms with Crippen LogP contribution >= 0.6 is 11.6 Å². The third-order valence-corrected chi connectivity index (χ3v) is 6.29. The first-order valence-corrected chi connectivity index (χ1v) is 10.9. The zero-order chi connectivity index (χ0) is 23.8. The number of hydrogen-bond donors (Lipinski definition) is 0. The summed E-state index contributed by atoms with van der Waals surface area (Å²) in [5, 5.41) is 5.05. The van der Waals surface area contributed by atoms with Gasteiger partial charge in [-0.15, -0.1) is 0 Å². The van der Waals surface area contributed by atoms with Crippen LogP contribution in [0.1, 0.15) is 33.7 Å². The van der Waals surface area contributed by atoms with Crippen LogP contribution in [-0.4, -0.2) is 51.8 Å². The average Bonchev–Trinajstić information content (AvgIpc) is 2.98. The van der Waals surface area contributed by atoms with Gasteiger partial charge in [0.1, 0.15) is 5.82 Å². The zero-order valence-corrected chi connectivity index (χ0v) is 19.0. The van der Waals surface area contributed by atoms with E-state index in [4.69, 9.17) is 11.6 Å². The predicted octanol–water partition coefficient (Wildman–Crippen LogP) is 4.91. The van der Waals surface area contributed by atoms with E-state index in [0.29, 0.717) is 49.0 Å². The molecule has 174 valence electrons. The molecular weight excluding hydrogens is 455 g/mol. The number of amides is 1. The van der Waals surface area contributed by atoms with Crippen molar-refractivity contribution in [2.24, 2.45) is 0 Å². The van der Waals surface area contributed by atoms with Gasteiger partial charge in [0.05, 0.1) is 27.7 Å². The number of halogens is 4. The van der Waals surface area contributed by atoms with Crippen LogP contribution in [0.5, 0.6) is 0 Å². The maximum absolute atomic E-state index is 13.0. The Labute approximate surface area is 194 Å². The van der Waals surface area contributed by atoms with Crippen molar-refractivity contribution in [2.75, 3.05) is 31.1 Å². The molecule has 1 aromatic carbocycles. The summed E-state index contributed by atoms with van der Waals surface area (Å²) in [7, 11) is 0. The van der Waals surface area contributed by atoms with Crippen molar-refractivity contribution in [1.82, 2.24) is 19.7 Å².